The number of hydrogen-bond acceptors (Lipinski definition) is 3. The molecule has 1 saturated carbocycles. The van der Waals surface area contributed by atoms with E-state index in [1.54, 1.807) is 6.20 Å². The third-order valence-corrected chi connectivity index (χ3v) is 6.44. The van der Waals surface area contributed by atoms with Crippen molar-refractivity contribution in [1.29, 1.82) is 0 Å². The van der Waals surface area contributed by atoms with Crippen LogP contribution in [-0.4, -0.2) is 21.0 Å². The van der Waals surface area contributed by atoms with Crippen molar-refractivity contribution in [1.82, 2.24) is 9.97 Å². The van der Waals surface area contributed by atoms with Crippen LogP contribution in [0.5, 0.6) is 0 Å². The van der Waals surface area contributed by atoms with Gasteiger partial charge in [-0.1, -0.05) is 42.5 Å². The average Bonchev–Trinajstić information content (AvgIpc) is 3.44. The van der Waals surface area contributed by atoms with Crippen LogP contribution in [-0.2, 0) is 11.2 Å². The summed E-state index contributed by atoms with van der Waals surface area (Å²) in [7, 11) is 0. The second-order valence-electron chi connectivity index (χ2n) is 8.86. The summed E-state index contributed by atoms with van der Waals surface area (Å²) in [5.41, 5.74) is 4.04. The third-order valence-electron chi connectivity index (χ3n) is 6.44. The molecule has 1 aliphatic carbocycles. The van der Waals surface area contributed by atoms with E-state index in [0.717, 1.165) is 42.6 Å². The highest BCUT2D eigenvalue weighted by molar-refractivity contribution is 5.95. The van der Waals surface area contributed by atoms with Crippen LogP contribution in [0.25, 0.3) is 0 Å². The Morgan fingerprint density at radius 1 is 1.16 bits per heavy atom. The van der Waals surface area contributed by atoms with Gasteiger partial charge in [0.2, 0.25) is 5.91 Å². The van der Waals surface area contributed by atoms with Gasteiger partial charge in [-0.3, -0.25) is 4.79 Å². The number of carbonyl (C=O) groups is 1. The number of H-pyrrole nitrogens is 1. The number of aryl methyl sites for hydroxylation is 1. The fourth-order valence-electron chi connectivity index (χ4n) is 4.59. The van der Waals surface area contributed by atoms with E-state index >= 15 is 0 Å². The monoisotopic (exact) mass is 417 g/mol. The predicted octanol–water partition coefficient (Wildman–Crippen LogP) is 5.15. The molecule has 1 aliphatic rings. The Bertz CT molecular complexity index is 997. The van der Waals surface area contributed by atoms with Crippen LogP contribution in [0, 0.1) is 18.8 Å². The Morgan fingerprint density at radius 2 is 1.90 bits per heavy atom. The molecule has 1 aromatic heterocycles. The van der Waals surface area contributed by atoms with Crippen LogP contribution in [0.2, 0.25) is 0 Å². The lowest BCUT2D eigenvalue weighted by atomic mass is 9.91. The number of aliphatic hydroxyl groups excluding tert-OH is 1. The summed E-state index contributed by atoms with van der Waals surface area (Å²) < 4.78 is 0. The average molecular weight is 418 g/mol. The van der Waals surface area contributed by atoms with Crippen LogP contribution in [0.15, 0.2) is 60.8 Å². The number of aliphatic hydroxyl groups is 1. The number of aromatic amines is 1. The fourth-order valence-corrected chi connectivity index (χ4v) is 4.59. The Labute approximate surface area is 183 Å². The molecule has 2 aromatic carbocycles. The first-order valence-corrected chi connectivity index (χ1v) is 11.1. The molecule has 5 nitrogen and oxygen atoms in total. The number of rotatable bonds is 7. The van der Waals surface area contributed by atoms with E-state index in [4.69, 9.17) is 0 Å². The topological polar surface area (TPSA) is 78.0 Å². The lowest BCUT2D eigenvalue weighted by Gasteiger charge is -2.19. The molecule has 1 unspecified atom stereocenters. The number of nitrogens with zero attached hydrogens (tertiary/aromatic N) is 1. The molecule has 0 bridgehead atoms. The standard InChI is InChI=1S/C26H31N3O2/c1-17-16-27-25(28-17)18(2)26(31)29-23-12-9-19(10-13-23)14-20-8-11-22(15-20)24(30)21-6-4-3-5-7-21/h3-7,9-10,12-13,16,18,20,22,24,30H,8,11,14-15H2,1-2H3,(H,27,28)(H,29,31)/t18?,20-,22-,24+/m0/s1. The Kier molecular flexibility index (Phi) is 6.52. The lowest BCUT2D eigenvalue weighted by molar-refractivity contribution is -0.117. The number of nitrogens with one attached hydrogen (secondary N) is 2. The van der Waals surface area contributed by atoms with Crippen molar-refractivity contribution in [2.75, 3.05) is 5.32 Å². The third kappa shape index (κ3) is 5.23. The van der Waals surface area contributed by atoms with Gasteiger partial charge in [-0.2, -0.15) is 0 Å². The smallest absolute Gasteiger partial charge is 0.234 e. The fraction of sp³-hybridized carbons (Fsp3) is 0.385. The largest absolute Gasteiger partial charge is 0.388 e. The van der Waals surface area contributed by atoms with Crippen molar-refractivity contribution in [3.05, 3.63) is 83.4 Å². The molecule has 1 fully saturated rings. The van der Waals surface area contributed by atoms with E-state index in [-0.39, 0.29) is 17.9 Å². The predicted molar refractivity (Wildman–Crippen MR) is 123 cm³/mol. The van der Waals surface area contributed by atoms with Gasteiger partial charge in [0.1, 0.15) is 5.82 Å². The Balaban J connectivity index is 1.29. The van der Waals surface area contributed by atoms with Gasteiger partial charge < -0.3 is 15.4 Å². The minimum absolute atomic E-state index is 0.0735. The molecule has 0 aliphatic heterocycles. The summed E-state index contributed by atoms with van der Waals surface area (Å²) in [5.74, 6) is 1.19. The van der Waals surface area contributed by atoms with Gasteiger partial charge in [0, 0.05) is 17.6 Å². The quantitative estimate of drug-likeness (QED) is 0.497. The van der Waals surface area contributed by atoms with Crippen molar-refractivity contribution in [3.63, 3.8) is 0 Å². The first-order chi connectivity index (χ1) is 15.0. The summed E-state index contributed by atoms with van der Waals surface area (Å²) >= 11 is 0. The minimum Gasteiger partial charge on any atom is -0.388 e. The number of benzene rings is 2. The maximum absolute atomic E-state index is 12.5. The van der Waals surface area contributed by atoms with E-state index in [0.29, 0.717) is 17.7 Å². The second kappa shape index (κ2) is 9.48. The Morgan fingerprint density at radius 3 is 2.58 bits per heavy atom. The SMILES string of the molecule is Cc1cnc(C(C)C(=O)Nc2ccc(C[C@@H]3CC[C@H]([C@H](O)c4ccccc4)C3)cc2)[nH]1. The van der Waals surface area contributed by atoms with Gasteiger partial charge in [-0.15, -0.1) is 0 Å². The van der Waals surface area contributed by atoms with Crippen LogP contribution in [0.4, 0.5) is 5.69 Å². The van der Waals surface area contributed by atoms with Gasteiger partial charge in [0.25, 0.3) is 0 Å². The number of aromatic nitrogens is 2. The highest BCUT2D eigenvalue weighted by Gasteiger charge is 2.30. The molecule has 3 aromatic rings. The van der Waals surface area contributed by atoms with E-state index in [9.17, 15) is 9.90 Å². The van der Waals surface area contributed by atoms with Crippen molar-refractivity contribution < 1.29 is 9.90 Å². The van der Waals surface area contributed by atoms with Crippen LogP contribution in [0.3, 0.4) is 0 Å². The van der Waals surface area contributed by atoms with Crippen molar-refractivity contribution in [2.24, 2.45) is 11.8 Å². The number of carbonyl (C=O) groups excluding carboxylic acids is 1. The summed E-state index contributed by atoms with van der Waals surface area (Å²) in [6.45, 7) is 3.77. The maximum atomic E-state index is 12.5. The zero-order valence-corrected chi connectivity index (χ0v) is 18.2. The first kappa shape index (κ1) is 21.3. The number of amides is 1. The van der Waals surface area contributed by atoms with E-state index in [1.807, 2.05) is 56.3 Å². The first-order valence-electron chi connectivity index (χ1n) is 11.1. The minimum atomic E-state index is -0.372. The molecule has 0 saturated heterocycles. The van der Waals surface area contributed by atoms with E-state index in [2.05, 4.69) is 27.4 Å². The zero-order chi connectivity index (χ0) is 21.8. The van der Waals surface area contributed by atoms with Gasteiger partial charge in [-0.05, 0) is 74.6 Å². The Hall–Kier alpha value is -2.92. The number of anilines is 1. The molecule has 0 spiro atoms. The summed E-state index contributed by atoms with van der Waals surface area (Å²) in [4.78, 5) is 19.9. The molecule has 3 N–H and O–H groups in total. The highest BCUT2D eigenvalue weighted by Crippen LogP contribution is 2.40. The summed E-state index contributed by atoms with van der Waals surface area (Å²) in [6.07, 6.45) is 5.64. The lowest BCUT2D eigenvalue weighted by Crippen LogP contribution is -2.19. The van der Waals surface area contributed by atoms with Gasteiger partial charge in [0.05, 0.1) is 12.0 Å². The number of hydrogen-bond donors (Lipinski definition) is 3. The molecule has 1 amide bonds. The summed E-state index contributed by atoms with van der Waals surface area (Å²) in [6, 6.07) is 18.1. The van der Waals surface area contributed by atoms with Crippen LogP contribution < -0.4 is 5.32 Å². The number of imidazole rings is 1. The van der Waals surface area contributed by atoms with Crippen LogP contribution >= 0.6 is 0 Å². The van der Waals surface area contributed by atoms with Crippen molar-refractivity contribution >= 4 is 11.6 Å². The summed E-state index contributed by atoms with van der Waals surface area (Å²) in [5, 5.41) is 13.7. The molecule has 1 heterocycles. The molecule has 0 radical (unpaired) electrons. The molecular formula is C26H31N3O2. The normalized spacial score (nSPS) is 20.4. The maximum Gasteiger partial charge on any atom is 0.234 e. The van der Waals surface area contributed by atoms with Gasteiger partial charge in [-0.25, -0.2) is 4.98 Å². The molecule has 5 heteroatoms. The molecular weight excluding hydrogens is 386 g/mol. The molecule has 162 valence electrons. The van der Waals surface area contributed by atoms with E-state index in [1.165, 1.54) is 5.56 Å². The highest BCUT2D eigenvalue weighted by atomic mass is 16.3. The van der Waals surface area contributed by atoms with Crippen LogP contribution in [0.1, 0.15) is 60.9 Å². The van der Waals surface area contributed by atoms with Crippen molar-refractivity contribution in [2.45, 2.75) is 51.6 Å². The van der Waals surface area contributed by atoms with Crippen molar-refractivity contribution in [3.8, 4) is 0 Å². The molecule has 4 rings (SSSR count). The van der Waals surface area contributed by atoms with Gasteiger partial charge in [0.15, 0.2) is 0 Å². The zero-order valence-electron chi connectivity index (χ0n) is 18.2. The molecule has 4 atom stereocenters. The second-order valence-corrected chi connectivity index (χ2v) is 8.86. The van der Waals surface area contributed by atoms with E-state index < -0.39 is 0 Å². The molecule has 31 heavy (non-hydrogen) atoms. The van der Waals surface area contributed by atoms with Gasteiger partial charge >= 0.3 is 0 Å².